The number of imidazole rings is 1. The molecule has 3 rings (SSSR count). The number of hydrogen-bond donors (Lipinski definition) is 0. The summed E-state index contributed by atoms with van der Waals surface area (Å²) in [5, 5.41) is -0.264. The number of rotatable bonds is 2. The molecule has 0 radical (unpaired) electrons. The fourth-order valence-corrected chi connectivity index (χ4v) is 2.76. The highest BCUT2D eigenvalue weighted by Crippen LogP contribution is 2.31. The van der Waals surface area contributed by atoms with Crippen molar-refractivity contribution in [2.24, 2.45) is 0 Å². The quantitative estimate of drug-likeness (QED) is 0.604. The standard InChI is InChI=1S/C17H16ClFN2/c1-10-6-4-9-15-16(10)20-17(12(3)18)21(15)14-8-5-7-13(19)11(14)2/h4-9,12H,1-3H3. The summed E-state index contributed by atoms with van der Waals surface area (Å²) in [6.45, 7) is 5.67. The van der Waals surface area contributed by atoms with Gasteiger partial charge in [0.2, 0.25) is 0 Å². The van der Waals surface area contributed by atoms with Crippen LogP contribution in [0.25, 0.3) is 16.7 Å². The molecule has 21 heavy (non-hydrogen) atoms. The van der Waals surface area contributed by atoms with Crippen LogP contribution < -0.4 is 0 Å². The number of nitrogens with zero attached hydrogens (tertiary/aromatic N) is 2. The first kappa shape index (κ1) is 14.1. The lowest BCUT2D eigenvalue weighted by Gasteiger charge is -2.13. The Morgan fingerprint density at radius 2 is 1.86 bits per heavy atom. The highest BCUT2D eigenvalue weighted by molar-refractivity contribution is 6.20. The number of hydrogen-bond acceptors (Lipinski definition) is 1. The Kier molecular flexibility index (Phi) is 3.46. The minimum atomic E-state index is -0.264. The van der Waals surface area contributed by atoms with Crippen molar-refractivity contribution in [2.45, 2.75) is 26.1 Å². The van der Waals surface area contributed by atoms with Crippen LogP contribution in [0, 0.1) is 19.7 Å². The highest BCUT2D eigenvalue weighted by atomic mass is 35.5. The maximum Gasteiger partial charge on any atom is 0.132 e. The van der Waals surface area contributed by atoms with Gasteiger partial charge in [0, 0.05) is 5.56 Å². The number of fused-ring (bicyclic) bond motifs is 1. The van der Waals surface area contributed by atoms with Gasteiger partial charge in [0.15, 0.2) is 0 Å². The zero-order valence-corrected chi connectivity index (χ0v) is 12.9. The molecule has 0 bridgehead atoms. The van der Waals surface area contributed by atoms with E-state index in [0.29, 0.717) is 5.56 Å². The molecule has 3 aromatic rings. The topological polar surface area (TPSA) is 17.8 Å². The van der Waals surface area contributed by atoms with Crippen molar-refractivity contribution in [3.05, 3.63) is 59.2 Å². The van der Waals surface area contributed by atoms with Crippen LogP contribution in [0.3, 0.4) is 0 Å². The third-order valence-corrected chi connectivity index (χ3v) is 3.94. The number of para-hydroxylation sites is 1. The Labute approximate surface area is 128 Å². The normalized spacial score (nSPS) is 12.8. The SMILES string of the molecule is Cc1c(F)cccc1-n1c(C(C)Cl)nc2c(C)cccc21. The van der Waals surface area contributed by atoms with Gasteiger partial charge in [0.1, 0.15) is 11.6 Å². The summed E-state index contributed by atoms with van der Waals surface area (Å²) in [4.78, 5) is 4.67. The molecule has 0 aliphatic heterocycles. The summed E-state index contributed by atoms with van der Waals surface area (Å²) in [5.41, 5.74) is 4.32. The number of benzene rings is 2. The van der Waals surface area contributed by atoms with Gasteiger partial charge < -0.3 is 0 Å². The van der Waals surface area contributed by atoms with E-state index in [1.165, 1.54) is 6.07 Å². The van der Waals surface area contributed by atoms with Crippen LogP contribution in [0.1, 0.15) is 29.3 Å². The first-order valence-corrected chi connectivity index (χ1v) is 7.32. The number of aryl methyl sites for hydroxylation is 1. The lowest BCUT2D eigenvalue weighted by atomic mass is 10.1. The van der Waals surface area contributed by atoms with Gasteiger partial charge in [-0.05, 0) is 44.5 Å². The predicted octanol–water partition coefficient (Wildman–Crippen LogP) is 5.08. The van der Waals surface area contributed by atoms with Gasteiger partial charge in [0.05, 0.1) is 22.1 Å². The van der Waals surface area contributed by atoms with Gasteiger partial charge >= 0.3 is 0 Å². The number of aromatic nitrogens is 2. The van der Waals surface area contributed by atoms with Crippen LogP contribution in [0.2, 0.25) is 0 Å². The maximum atomic E-state index is 13.9. The molecule has 1 unspecified atom stereocenters. The van der Waals surface area contributed by atoms with E-state index in [2.05, 4.69) is 4.98 Å². The van der Waals surface area contributed by atoms with E-state index in [1.54, 1.807) is 13.0 Å². The average molecular weight is 303 g/mol. The van der Waals surface area contributed by atoms with Crippen LogP contribution in [0.15, 0.2) is 36.4 Å². The van der Waals surface area contributed by atoms with E-state index in [-0.39, 0.29) is 11.2 Å². The van der Waals surface area contributed by atoms with Crippen molar-refractivity contribution >= 4 is 22.6 Å². The third-order valence-electron chi connectivity index (χ3n) is 3.75. The number of halogens is 2. The molecule has 0 fully saturated rings. The van der Waals surface area contributed by atoms with Crippen molar-refractivity contribution in [3.8, 4) is 5.69 Å². The summed E-state index contributed by atoms with van der Waals surface area (Å²) >= 11 is 6.30. The minimum absolute atomic E-state index is 0.227. The monoisotopic (exact) mass is 302 g/mol. The highest BCUT2D eigenvalue weighted by Gasteiger charge is 2.19. The summed E-state index contributed by atoms with van der Waals surface area (Å²) in [6, 6.07) is 11.1. The van der Waals surface area contributed by atoms with Crippen LogP contribution in [-0.4, -0.2) is 9.55 Å². The molecule has 0 spiro atoms. The summed E-state index contributed by atoms with van der Waals surface area (Å²) in [7, 11) is 0. The molecule has 2 nitrogen and oxygen atoms in total. The summed E-state index contributed by atoms with van der Waals surface area (Å²) < 4.78 is 15.9. The van der Waals surface area contributed by atoms with Gasteiger partial charge in [0.25, 0.3) is 0 Å². The zero-order chi connectivity index (χ0) is 15.1. The molecule has 0 aliphatic carbocycles. The molecule has 1 aromatic heterocycles. The molecule has 0 saturated heterocycles. The zero-order valence-electron chi connectivity index (χ0n) is 12.2. The second-order valence-corrected chi connectivity index (χ2v) is 5.90. The predicted molar refractivity (Wildman–Crippen MR) is 84.8 cm³/mol. The van der Waals surface area contributed by atoms with Crippen molar-refractivity contribution in [3.63, 3.8) is 0 Å². The number of alkyl halides is 1. The molecular weight excluding hydrogens is 287 g/mol. The van der Waals surface area contributed by atoms with E-state index < -0.39 is 0 Å². The molecule has 1 heterocycles. The lowest BCUT2D eigenvalue weighted by molar-refractivity contribution is 0.616. The molecular formula is C17H16ClFN2. The van der Waals surface area contributed by atoms with Crippen LogP contribution in [0.5, 0.6) is 0 Å². The Morgan fingerprint density at radius 3 is 2.57 bits per heavy atom. The van der Waals surface area contributed by atoms with E-state index in [9.17, 15) is 4.39 Å². The fraction of sp³-hybridized carbons (Fsp3) is 0.235. The van der Waals surface area contributed by atoms with Gasteiger partial charge in [-0.3, -0.25) is 4.57 Å². The van der Waals surface area contributed by atoms with Crippen LogP contribution >= 0.6 is 11.6 Å². The van der Waals surface area contributed by atoms with Crippen molar-refractivity contribution in [1.82, 2.24) is 9.55 Å². The van der Waals surface area contributed by atoms with E-state index >= 15 is 0 Å². The van der Waals surface area contributed by atoms with Crippen molar-refractivity contribution in [1.29, 1.82) is 0 Å². The molecule has 4 heteroatoms. The molecule has 0 saturated carbocycles. The Hall–Kier alpha value is -1.87. The first-order valence-electron chi connectivity index (χ1n) is 6.88. The van der Waals surface area contributed by atoms with Gasteiger partial charge in [-0.1, -0.05) is 18.2 Å². The maximum absolute atomic E-state index is 13.9. The first-order chi connectivity index (χ1) is 10.0. The molecule has 0 amide bonds. The van der Waals surface area contributed by atoms with Crippen molar-refractivity contribution < 1.29 is 4.39 Å². The Bertz CT molecular complexity index is 821. The lowest BCUT2D eigenvalue weighted by Crippen LogP contribution is -2.04. The second-order valence-electron chi connectivity index (χ2n) is 5.25. The Balaban J connectivity index is 2.43. The minimum Gasteiger partial charge on any atom is -0.295 e. The van der Waals surface area contributed by atoms with Crippen LogP contribution in [0.4, 0.5) is 4.39 Å². The van der Waals surface area contributed by atoms with Gasteiger partial charge in [-0.2, -0.15) is 0 Å². The smallest absolute Gasteiger partial charge is 0.132 e. The molecule has 0 N–H and O–H groups in total. The van der Waals surface area contributed by atoms with Gasteiger partial charge in [-0.15, -0.1) is 11.6 Å². The largest absolute Gasteiger partial charge is 0.295 e. The molecule has 0 aliphatic rings. The van der Waals surface area contributed by atoms with E-state index in [1.807, 2.05) is 42.7 Å². The van der Waals surface area contributed by atoms with Crippen LogP contribution in [-0.2, 0) is 0 Å². The van der Waals surface area contributed by atoms with E-state index in [0.717, 1.165) is 28.1 Å². The molecule has 108 valence electrons. The average Bonchev–Trinajstić information content (AvgIpc) is 2.83. The summed E-state index contributed by atoms with van der Waals surface area (Å²) in [5.74, 6) is 0.504. The third kappa shape index (κ3) is 2.22. The second kappa shape index (κ2) is 5.15. The fourth-order valence-electron chi connectivity index (χ4n) is 2.62. The molecule has 1 atom stereocenters. The van der Waals surface area contributed by atoms with E-state index in [4.69, 9.17) is 11.6 Å². The Morgan fingerprint density at radius 1 is 1.14 bits per heavy atom. The molecule has 2 aromatic carbocycles. The summed E-state index contributed by atoms with van der Waals surface area (Å²) in [6.07, 6.45) is 0. The van der Waals surface area contributed by atoms with Crippen molar-refractivity contribution in [2.75, 3.05) is 0 Å². The van der Waals surface area contributed by atoms with Gasteiger partial charge in [-0.25, -0.2) is 9.37 Å².